The Bertz CT molecular complexity index is 377. The number of nitrogens with two attached hydrogens (primary N) is 1. The normalized spacial score (nSPS) is 10.3. The molecule has 0 bridgehead atoms. The Balaban J connectivity index is 2.90. The van der Waals surface area contributed by atoms with Crippen LogP contribution >= 0.6 is 11.6 Å². The number of carbonyl (C=O) groups is 1. The predicted molar refractivity (Wildman–Crippen MR) is 68.1 cm³/mol. The van der Waals surface area contributed by atoms with Crippen LogP contribution in [0.4, 0.5) is 5.82 Å². The van der Waals surface area contributed by atoms with Crippen molar-refractivity contribution in [3.63, 3.8) is 0 Å². The third-order valence-corrected chi connectivity index (χ3v) is 2.43. The maximum Gasteiger partial charge on any atom is 0.236 e. The van der Waals surface area contributed by atoms with Gasteiger partial charge in [-0.05, 0) is 24.9 Å². The van der Waals surface area contributed by atoms with Gasteiger partial charge in [0.05, 0.1) is 6.54 Å². The van der Waals surface area contributed by atoms with Gasteiger partial charge in [0, 0.05) is 18.3 Å². The molecule has 0 atom stereocenters. The molecule has 1 heterocycles. The molecule has 2 N–H and O–H groups in total. The SMILES string of the molecule is CCCCN(CC(N)=O)c1cc(C)nc(Cl)n1. The molecule has 5 nitrogen and oxygen atoms in total. The van der Waals surface area contributed by atoms with Gasteiger partial charge >= 0.3 is 0 Å². The first-order valence-corrected chi connectivity index (χ1v) is 5.95. The summed E-state index contributed by atoms with van der Waals surface area (Å²) in [6.07, 6.45) is 2.00. The molecule has 1 aromatic rings. The van der Waals surface area contributed by atoms with Gasteiger partial charge in [-0.15, -0.1) is 0 Å². The van der Waals surface area contributed by atoms with Crippen LogP contribution in [-0.4, -0.2) is 29.0 Å². The van der Waals surface area contributed by atoms with Crippen LogP contribution in [0.1, 0.15) is 25.5 Å². The fourth-order valence-corrected chi connectivity index (χ4v) is 1.71. The summed E-state index contributed by atoms with van der Waals surface area (Å²) < 4.78 is 0. The molecule has 0 aliphatic heterocycles. The van der Waals surface area contributed by atoms with E-state index < -0.39 is 0 Å². The van der Waals surface area contributed by atoms with Crippen molar-refractivity contribution in [3.05, 3.63) is 17.0 Å². The Morgan fingerprint density at radius 2 is 2.24 bits per heavy atom. The number of primary amides is 1. The maximum absolute atomic E-state index is 11.0. The van der Waals surface area contributed by atoms with Gasteiger partial charge in [-0.3, -0.25) is 4.79 Å². The summed E-state index contributed by atoms with van der Waals surface area (Å²) in [4.78, 5) is 20.9. The molecule has 0 fully saturated rings. The van der Waals surface area contributed by atoms with E-state index in [1.165, 1.54) is 0 Å². The van der Waals surface area contributed by atoms with Gasteiger partial charge < -0.3 is 10.6 Å². The van der Waals surface area contributed by atoms with E-state index in [-0.39, 0.29) is 17.7 Å². The lowest BCUT2D eigenvalue weighted by molar-refractivity contribution is -0.116. The second-order valence-electron chi connectivity index (χ2n) is 3.88. The molecule has 1 amide bonds. The van der Waals surface area contributed by atoms with Crippen LogP contribution in [0.5, 0.6) is 0 Å². The summed E-state index contributed by atoms with van der Waals surface area (Å²) >= 11 is 5.80. The zero-order chi connectivity index (χ0) is 12.8. The van der Waals surface area contributed by atoms with E-state index in [0.29, 0.717) is 5.82 Å². The van der Waals surface area contributed by atoms with Crippen LogP contribution in [0, 0.1) is 6.92 Å². The van der Waals surface area contributed by atoms with Gasteiger partial charge in [-0.1, -0.05) is 13.3 Å². The van der Waals surface area contributed by atoms with Crippen LogP contribution in [0.2, 0.25) is 5.28 Å². The standard InChI is InChI=1S/C11H17ClN4O/c1-3-4-5-16(7-9(13)17)10-6-8(2)14-11(12)15-10/h6H,3-5,7H2,1-2H3,(H2,13,17). The van der Waals surface area contributed by atoms with Gasteiger partial charge in [-0.2, -0.15) is 0 Å². The topological polar surface area (TPSA) is 72.1 Å². The first-order chi connectivity index (χ1) is 8.02. The van der Waals surface area contributed by atoms with Crippen LogP contribution in [0.15, 0.2) is 6.07 Å². The van der Waals surface area contributed by atoms with Gasteiger partial charge in [0.1, 0.15) is 5.82 Å². The van der Waals surface area contributed by atoms with E-state index in [1.807, 2.05) is 11.8 Å². The average Bonchev–Trinajstić information content (AvgIpc) is 2.22. The lowest BCUT2D eigenvalue weighted by atomic mass is 10.3. The number of unbranched alkanes of at least 4 members (excludes halogenated alkanes) is 1. The number of amides is 1. The van der Waals surface area contributed by atoms with Crippen LogP contribution in [0.3, 0.4) is 0 Å². The molecule has 0 unspecified atom stereocenters. The van der Waals surface area contributed by atoms with Crippen LogP contribution < -0.4 is 10.6 Å². The Morgan fingerprint density at radius 3 is 2.76 bits per heavy atom. The summed E-state index contributed by atoms with van der Waals surface area (Å²) in [6.45, 7) is 4.79. The Hall–Kier alpha value is -1.36. The molecule has 1 aromatic heterocycles. The van der Waals surface area contributed by atoms with E-state index in [4.69, 9.17) is 17.3 Å². The number of aromatic nitrogens is 2. The lowest BCUT2D eigenvalue weighted by Gasteiger charge is -2.22. The fraction of sp³-hybridized carbons (Fsp3) is 0.545. The van der Waals surface area contributed by atoms with E-state index in [0.717, 1.165) is 25.1 Å². The van der Waals surface area contributed by atoms with Crippen molar-refractivity contribution < 1.29 is 4.79 Å². The summed E-state index contributed by atoms with van der Waals surface area (Å²) in [5.74, 6) is 0.267. The largest absolute Gasteiger partial charge is 0.368 e. The van der Waals surface area contributed by atoms with Crippen molar-refractivity contribution in [3.8, 4) is 0 Å². The maximum atomic E-state index is 11.0. The monoisotopic (exact) mass is 256 g/mol. The first-order valence-electron chi connectivity index (χ1n) is 5.57. The van der Waals surface area contributed by atoms with Crippen LogP contribution in [-0.2, 0) is 4.79 Å². The number of hydrogen-bond donors (Lipinski definition) is 1. The zero-order valence-corrected chi connectivity index (χ0v) is 10.9. The minimum Gasteiger partial charge on any atom is -0.368 e. The van der Waals surface area contributed by atoms with Crippen molar-refractivity contribution >= 4 is 23.3 Å². The number of hydrogen-bond acceptors (Lipinski definition) is 4. The van der Waals surface area contributed by atoms with Crippen molar-refractivity contribution in [2.24, 2.45) is 5.73 Å². The highest BCUT2D eigenvalue weighted by Gasteiger charge is 2.12. The van der Waals surface area contributed by atoms with Gasteiger partial charge in [-0.25, -0.2) is 9.97 Å². The number of aryl methyl sites for hydroxylation is 1. The predicted octanol–water partition coefficient (Wildman–Crippen LogP) is 1.53. The molecule has 17 heavy (non-hydrogen) atoms. The van der Waals surface area contributed by atoms with Crippen molar-refractivity contribution in [1.82, 2.24) is 9.97 Å². The molecular formula is C11H17ClN4O. The van der Waals surface area contributed by atoms with Gasteiger partial charge in [0.2, 0.25) is 11.2 Å². The molecule has 0 radical (unpaired) electrons. The Morgan fingerprint density at radius 1 is 1.53 bits per heavy atom. The molecule has 0 saturated carbocycles. The fourth-order valence-electron chi connectivity index (χ4n) is 1.49. The smallest absolute Gasteiger partial charge is 0.236 e. The molecule has 0 aliphatic rings. The molecule has 0 aliphatic carbocycles. The van der Waals surface area contributed by atoms with E-state index in [1.54, 1.807) is 6.07 Å². The third kappa shape index (κ3) is 4.56. The molecule has 0 aromatic carbocycles. The summed E-state index contributed by atoms with van der Waals surface area (Å²) in [7, 11) is 0. The van der Waals surface area contributed by atoms with Crippen LogP contribution in [0.25, 0.3) is 0 Å². The Labute approximate surface area is 106 Å². The number of rotatable bonds is 6. The minimum atomic E-state index is -0.381. The van der Waals surface area contributed by atoms with Crippen molar-refractivity contribution in [1.29, 1.82) is 0 Å². The second-order valence-corrected chi connectivity index (χ2v) is 4.22. The average molecular weight is 257 g/mol. The highest BCUT2D eigenvalue weighted by atomic mass is 35.5. The van der Waals surface area contributed by atoms with Crippen molar-refractivity contribution in [2.45, 2.75) is 26.7 Å². The van der Waals surface area contributed by atoms with E-state index in [9.17, 15) is 4.79 Å². The second kappa shape index (κ2) is 6.39. The Kier molecular flexibility index (Phi) is 5.15. The third-order valence-electron chi connectivity index (χ3n) is 2.27. The summed E-state index contributed by atoms with van der Waals surface area (Å²) in [6, 6.07) is 1.80. The van der Waals surface area contributed by atoms with Gasteiger partial charge in [0.25, 0.3) is 0 Å². The molecule has 0 saturated heterocycles. The molecule has 6 heteroatoms. The highest BCUT2D eigenvalue weighted by molar-refractivity contribution is 6.28. The van der Waals surface area contributed by atoms with E-state index >= 15 is 0 Å². The summed E-state index contributed by atoms with van der Waals surface area (Å²) in [5, 5.41) is 0.186. The van der Waals surface area contributed by atoms with E-state index in [2.05, 4.69) is 16.9 Å². The van der Waals surface area contributed by atoms with Gasteiger partial charge in [0.15, 0.2) is 0 Å². The van der Waals surface area contributed by atoms with Crippen molar-refractivity contribution in [2.75, 3.05) is 18.0 Å². The summed E-state index contributed by atoms with van der Waals surface area (Å²) in [5.41, 5.74) is 5.99. The molecule has 0 spiro atoms. The molecular weight excluding hydrogens is 240 g/mol. The number of nitrogens with zero attached hydrogens (tertiary/aromatic N) is 3. The lowest BCUT2D eigenvalue weighted by Crippen LogP contribution is -2.35. The number of halogens is 1. The first kappa shape index (κ1) is 13.7. The zero-order valence-electron chi connectivity index (χ0n) is 10.1. The molecule has 94 valence electrons. The highest BCUT2D eigenvalue weighted by Crippen LogP contribution is 2.15. The quantitative estimate of drug-likeness (QED) is 0.784. The number of carbonyl (C=O) groups excluding carboxylic acids is 1. The minimum absolute atomic E-state index is 0.146. The number of anilines is 1. The molecule has 1 rings (SSSR count).